The van der Waals surface area contributed by atoms with Gasteiger partial charge in [-0.25, -0.2) is 8.78 Å². The first kappa shape index (κ1) is 14.8. The molecule has 0 heterocycles. The minimum atomic E-state index is -0.586. The van der Waals surface area contributed by atoms with Gasteiger partial charge in [0.2, 0.25) is 0 Å². The number of anilines is 1. The molecule has 0 saturated carbocycles. The van der Waals surface area contributed by atoms with Crippen molar-refractivity contribution in [3.8, 4) is 0 Å². The maximum Gasteiger partial charge on any atom is 0.149 e. The predicted octanol–water partition coefficient (Wildman–Crippen LogP) is 4.67. The van der Waals surface area contributed by atoms with E-state index in [-0.39, 0.29) is 9.22 Å². The third kappa shape index (κ3) is 5.25. The van der Waals surface area contributed by atoms with Crippen molar-refractivity contribution in [1.82, 2.24) is 0 Å². The first-order valence-electron chi connectivity index (χ1n) is 5.32. The first-order valence-corrected chi connectivity index (χ1v) is 7.10. The van der Waals surface area contributed by atoms with Crippen molar-refractivity contribution >= 4 is 33.4 Å². The van der Waals surface area contributed by atoms with Crippen LogP contribution in [0.25, 0.3) is 0 Å². The summed E-state index contributed by atoms with van der Waals surface area (Å²) in [5.74, 6) is -0.277. The Hall–Kier alpha value is -0.290. The standard InChI is InChI=1S/C12H16BrF2NS/c1-12(2,3)17-5-4-16-11-6-8(13)9(14)7-10(11)15/h6-7,16H,4-5H2,1-3H3. The van der Waals surface area contributed by atoms with Crippen molar-refractivity contribution in [2.75, 3.05) is 17.6 Å². The summed E-state index contributed by atoms with van der Waals surface area (Å²) in [5.41, 5.74) is 0.327. The predicted molar refractivity (Wildman–Crippen MR) is 74.8 cm³/mol. The van der Waals surface area contributed by atoms with Gasteiger partial charge in [0.15, 0.2) is 0 Å². The molecule has 0 fully saturated rings. The zero-order chi connectivity index (χ0) is 13.1. The molecule has 0 saturated heterocycles. The Kier molecular flexibility index (Phi) is 5.25. The summed E-state index contributed by atoms with van der Waals surface area (Å²) >= 11 is 4.83. The molecule has 0 unspecified atom stereocenters. The lowest BCUT2D eigenvalue weighted by Crippen LogP contribution is -2.13. The molecule has 5 heteroatoms. The smallest absolute Gasteiger partial charge is 0.149 e. The van der Waals surface area contributed by atoms with Crippen LogP contribution in [0.2, 0.25) is 0 Å². The molecule has 1 aromatic carbocycles. The number of hydrogen-bond acceptors (Lipinski definition) is 2. The lowest BCUT2D eigenvalue weighted by Gasteiger charge is -2.17. The first-order chi connectivity index (χ1) is 7.79. The molecule has 1 N–H and O–H groups in total. The van der Waals surface area contributed by atoms with Crippen molar-refractivity contribution in [2.45, 2.75) is 25.5 Å². The van der Waals surface area contributed by atoms with Gasteiger partial charge in [-0.3, -0.25) is 0 Å². The summed E-state index contributed by atoms with van der Waals surface area (Å²) in [6.07, 6.45) is 0. The van der Waals surface area contributed by atoms with Crippen molar-refractivity contribution in [1.29, 1.82) is 0 Å². The van der Waals surface area contributed by atoms with Crippen LogP contribution in [0.1, 0.15) is 20.8 Å². The lowest BCUT2D eigenvalue weighted by atomic mass is 10.3. The van der Waals surface area contributed by atoms with Gasteiger partial charge in [-0.2, -0.15) is 11.8 Å². The largest absolute Gasteiger partial charge is 0.382 e. The average molecular weight is 324 g/mol. The third-order valence-corrected chi connectivity index (χ3v) is 3.84. The van der Waals surface area contributed by atoms with E-state index in [1.165, 1.54) is 6.07 Å². The number of benzene rings is 1. The average Bonchev–Trinajstić information content (AvgIpc) is 2.18. The Balaban J connectivity index is 2.50. The molecule has 0 aliphatic carbocycles. The zero-order valence-corrected chi connectivity index (χ0v) is 12.5. The fourth-order valence-electron chi connectivity index (χ4n) is 1.20. The van der Waals surface area contributed by atoms with Crippen LogP contribution in [0.4, 0.5) is 14.5 Å². The lowest BCUT2D eigenvalue weighted by molar-refractivity contribution is 0.581. The van der Waals surface area contributed by atoms with Gasteiger partial charge >= 0.3 is 0 Å². The second-order valence-electron chi connectivity index (χ2n) is 4.63. The molecule has 1 aromatic rings. The molecule has 0 amide bonds. The second-order valence-corrected chi connectivity index (χ2v) is 7.41. The summed E-state index contributed by atoms with van der Waals surface area (Å²) in [6, 6.07) is 2.30. The molecule has 0 radical (unpaired) electrons. The van der Waals surface area contributed by atoms with Crippen LogP contribution in [-0.2, 0) is 0 Å². The van der Waals surface area contributed by atoms with Crippen LogP contribution in [-0.4, -0.2) is 17.0 Å². The molecule has 1 rings (SSSR count). The van der Waals surface area contributed by atoms with Crippen LogP contribution in [0, 0.1) is 11.6 Å². The van der Waals surface area contributed by atoms with E-state index < -0.39 is 11.6 Å². The highest BCUT2D eigenvalue weighted by Crippen LogP contribution is 2.25. The SMILES string of the molecule is CC(C)(C)SCCNc1cc(Br)c(F)cc1F. The number of rotatable bonds is 4. The van der Waals surface area contributed by atoms with E-state index in [0.717, 1.165) is 11.8 Å². The van der Waals surface area contributed by atoms with Gasteiger partial charge in [0.05, 0.1) is 10.2 Å². The van der Waals surface area contributed by atoms with E-state index in [1.807, 2.05) is 0 Å². The maximum absolute atomic E-state index is 13.4. The van der Waals surface area contributed by atoms with Crippen LogP contribution in [0.3, 0.4) is 0 Å². The quantitative estimate of drug-likeness (QED) is 0.638. The summed E-state index contributed by atoms with van der Waals surface area (Å²) in [4.78, 5) is 0. The molecule has 1 nitrogen and oxygen atoms in total. The number of nitrogens with one attached hydrogen (secondary N) is 1. The van der Waals surface area contributed by atoms with E-state index in [2.05, 4.69) is 42.0 Å². The Bertz CT molecular complexity index is 391. The molecule has 17 heavy (non-hydrogen) atoms. The van der Waals surface area contributed by atoms with Crippen molar-refractivity contribution in [2.24, 2.45) is 0 Å². The topological polar surface area (TPSA) is 12.0 Å². The van der Waals surface area contributed by atoms with Gasteiger partial charge in [0, 0.05) is 23.1 Å². The van der Waals surface area contributed by atoms with E-state index in [4.69, 9.17) is 0 Å². The minimum Gasteiger partial charge on any atom is -0.382 e. The summed E-state index contributed by atoms with van der Waals surface area (Å²) in [5, 5.41) is 2.96. The van der Waals surface area contributed by atoms with Gasteiger partial charge in [-0.05, 0) is 22.0 Å². The highest BCUT2D eigenvalue weighted by Gasteiger charge is 2.11. The van der Waals surface area contributed by atoms with Crippen LogP contribution in [0.15, 0.2) is 16.6 Å². The molecule has 0 aliphatic heterocycles. The second kappa shape index (κ2) is 6.05. The monoisotopic (exact) mass is 323 g/mol. The number of thioether (sulfide) groups is 1. The minimum absolute atomic E-state index is 0.198. The van der Waals surface area contributed by atoms with Gasteiger partial charge in [-0.15, -0.1) is 0 Å². The normalized spacial score (nSPS) is 11.6. The van der Waals surface area contributed by atoms with Crippen LogP contribution in [0.5, 0.6) is 0 Å². The maximum atomic E-state index is 13.4. The van der Waals surface area contributed by atoms with Crippen molar-refractivity contribution < 1.29 is 8.78 Å². The fraction of sp³-hybridized carbons (Fsp3) is 0.500. The fourth-order valence-corrected chi connectivity index (χ4v) is 2.36. The highest BCUT2D eigenvalue weighted by molar-refractivity contribution is 9.10. The summed E-state index contributed by atoms with van der Waals surface area (Å²) in [7, 11) is 0. The van der Waals surface area contributed by atoms with E-state index in [1.54, 1.807) is 11.8 Å². The molecule has 0 aromatic heterocycles. The molecule has 0 spiro atoms. The van der Waals surface area contributed by atoms with E-state index in [0.29, 0.717) is 12.2 Å². The Morgan fingerprint density at radius 1 is 1.24 bits per heavy atom. The molecule has 0 aliphatic rings. The summed E-state index contributed by atoms with van der Waals surface area (Å²) < 4.78 is 26.8. The molecular formula is C12H16BrF2NS. The molecule has 0 atom stereocenters. The van der Waals surface area contributed by atoms with Crippen LogP contribution < -0.4 is 5.32 Å². The van der Waals surface area contributed by atoms with Crippen molar-refractivity contribution in [3.05, 3.63) is 28.2 Å². The van der Waals surface area contributed by atoms with E-state index >= 15 is 0 Å². The Morgan fingerprint density at radius 2 is 1.88 bits per heavy atom. The van der Waals surface area contributed by atoms with Gasteiger partial charge in [0.1, 0.15) is 11.6 Å². The zero-order valence-electron chi connectivity index (χ0n) is 10.1. The van der Waals surface area contributed by atoms with Gasteiger partial charge in [0.25, 0.3) is 0 Å². The van der Waals surface area contributed by atoms with Crippen molar-refractivity contribution in [3.63, 3.8) is 0 Å². The van der Waals surface area contributed by atoms with Crippen LogP contribution >= 0.6 is 27.7 Å². The van der Waals surface area contributed by atoms with E-state index in [9.17, 15) is 8.78 Å². The Morgan fingerprint density at radius 3 is 2.47 bits per heavy atom. The summed E-state index contributed by atoms with van der Waals surface area (Å²) in [6.45, 7) is 7.04. The third-order valence-electron chi connectivity index (χ3n) is 1.96. The highest BCUT2D eigenvalue weighted by atomic mass is 79.9. The van der Waals surface area contributed by atoms with Gasteiger partial charge in [-0.1, -0.05) is 20.8 Å². The number of hydrogen-bond donors (Lipinski definition) is 1. The molecular weight excluding hydrogens is 308 g/mol. The van der Waals surface area contributed by atoms with Gasteiger partial charge < -0.3 is 5.32 Å². The molecule has 0 bridgehead atoms. The Labute approximate surface area is 113 Å². The number of halogens is 3. The molecule has 96 valence electrons.